The van der Waals surface area contributed by atoms with Crippen molar-refractivity contribution >= 4 is 26.8 Å². The van der Waals surface area contributed by atoms with Gasteiger partial charge in [0.25, 0.3) is 15.9 Å². The number of hydrogen-bond donors (Lipinski definition) is 1. The molecule has 1 amide bonds. The molecule has 0 saturated carbocycles. The number of carbonyl (C=O) groups is 1. The Hall–Kier alpha value is -3.79. The van der Waals surface area contributed by atoms with Crippen LogP contribution in [0.2, 0.25) is 0 Å². The lowest BCUT2D eigenvalue weighted by Crippen LogP contribution is -2.31. The summed E-state index contributed by atoms with van der Waals surface area (Å²) >= 11 is 0. The van der Waals surface area contributed by atoms with Crippen LogP contribution in [0.3, 0.4) is 0 Å². The third kappa shape index (κ3) is 5.01. The first-order valence-corrected chi connectivity index (χ1v) is 11.3. The molecule has 0 fully saturated rings. The summed E-state index contributed by atoms with van der Waals surface area (Å²) in [5.74, 6) is -0.826. The van der Waals surface area contributed by atoms with E-state index in [2.05, 4.69) is 14.6 Å². The van der Waals surface area contributed by atoms with Crippen LogP contribution >= 0.6 is 0 Å². The SMILES string of the molecule is Cc1cccc(S(=O)(=O)NC(=O)c2nn(Cc3ccc(OC(F)F)cc3)c3ccccc23)c1. The number of nitrogens with one attached hydrogen (secondary N) is 1. The minimum atomic E-state index is -4.09. The maximum absolute atomic E-state index is 12.9. The number of aryl methyl sites for hydroxylation is 1. The number of carbonyl (C=O) groups excluding carboxylic acids is 1. The van der Waals surface area contributed by atoms with Gasteiger partial charge in [-0.15, -0.1) is 0 Å². The molecular formula is C23H19F2N3O4S. The molecule has 7 nitrogen and oxygen atoms in total. The highest BCUT2D eigenvalue weighted by molar-refractivity contribution is 7.90. The Morgan fingerprint density at radius 3 is 2.48 bits per heavy atom. The zero-order chi connectivity index (χ0) is 23.6. The molecule has 3 aromatic carbocycles. The molecule has 4 rings (SSSR count). The van der Waals surface area contributed by atoms with Crippen molar-refractivity contribution in [2.24, 2.45) is 0 Å². The molecule has 1 N–H and O–H groups in total. The van der Waals surface area contributed by atoms with Crippen LogP contribution < -0.4 is 9.46 Å². The Balaban J connectivity index is 1.62. The van der Waals surface area contributed by atoms with E-state index < -0.39 is 22.5 Å². The van der Waals surface area contributed by atoms with Gasteiger partial charge >= 0.3 is 6.61 Å². The van der Waals surface area contributed by atoms with Gasteiger partial charge in [0.15, 0.2) is 5.69 Å². The zero-order valence-corrected chi connectivity index (χ0v) is 18.2. The summed E-state index contributed by atoms with van der Waals surface area (Å²) in [4.78, 5) is 12.9. The van der Waals surface area contributed by atoms with Gasteiger partial charge < -0.3 is 4.74 Å². The minimum Gasteiger partial charge on any atom is -0.435 e. The molecule has 0 saturated heterocycles. The second kappa shape index (κ2) is 8.99. The van der Waals surface area contributed by atoms with Crippen molar-refractivity contribution in [3.8, 4) is 5.75 Å². The lowest BCUT2D eigenvalue weighted by Gasteiger charge is -2.07. The first-order chi connectivity index (χ1) is 15.7. The van der Waals surface area contributed by atoms with Crippen LogP contribution in [0, 0.1) is 6.92 Å². The third-order valence-corrected chi connectivity index (χ3v) is 6.21. The molecule has 0 atom stereocenters. The van der Waals surface area contributed by atoms with E-state index >= 15 is 0 Å². The number of ether oxygens (including phenoxy) is 1. The first kappa shape index (κ1) is 22.4. The van der Waals surface area contributed by atoms with Gasteiger partial charge in [0.1, 0.15) is 5.75 Å². The fourth-order valence-corrected chi connectivity index (χ4v) is 4.43. The molecule has 0 aliphatic carbocycles. The minimum absolute atomic E-state index is 0.0225. The van der Waals surface area contributed by atoms with Crippen molar-refractivity contribution < 1.29 is 26.7 Å². The summed E-state index contributed by atoms with van der Waals surface area (Å²) < 4.78 is 58.0. The molecule has 0 aliphatic heterocycles. The number of para-hydroxylation sites is 1. The molecule has 1 heterocycles. The van der Waals surface area contributed by atoms with Gasteiger partial charge in [-0.2, -0.15) is 13.9 Å². The van der Waals surface area contributed by atoms with Gasteiger partial charge in [-0.05, 0) is 48.4 Å². The predicted octanol–water partition coefficient (Wildman–Crippen LogP) is 4.11. The number of fused-ring (bicyclic) bond motifs is 1. The van der Waals surface area contributed by atoms with Gasteiger partial charge in [0.05, 0.1) is 17.0 Å². The lowest BCUT2D eigenvalue weighted by atomic mass is 10.2. The van der Waals surface area contributed by atoms with Crippen molar-refractivity contribution in [3.05, 3.63) is 89.6 Å². The van der Waals surface area contributed by atoms with Gasteiger partial charge in [0, 0.05) is 5.39 Å². The number of hydrogen-bond acceptors (Lipinski definition) is 5. The van der Waals surface area contributed by atoms with Crippen LogP contribution in [0.5, 0.6) is 5.75 Å². The van der Waals surface area contributed by atoms with Crippen molar-refractivity contribution in [1.29, 1.82) is 0 Å². The van der Waals surface area contributed by atoms with Crippen LogP contribution in [-0.4, -0.2) is 30.7 Å². The van der Waals surface area contributed by atoms with E-state index in [1.807, 2.05) is 0 Å². The molecule has 0 spiro atoms. The number of rotatable bonds is 7. The zero-order valence-electron chi connectivity index (χ0n) is 17.4. The Kier molecular flexibility index (Phi) is 6.10. The van der Waals surface area contributed by atoms with Crippen LogP contribution in [0.15, 0.2) is 77.7 Å². The molecule has 0 unspecified atom stereocenters. The summed E-state index contributed by atoms with van der Waals surface area (Å²) in [5, 5.41) is 4.82. The molecule has 4 aromatic rings. The van der Waals surface area contributed by atoms with Gasteiger partial charge in [-0.1, -0.05) is 42.5 Å². The van der Waals surface area contributed by atoms with E-state index in [-0.39, 0.29) is 22.9 Å². The molecule has 0 bridgehead atoms. The Labute approximate surface area is 188 Å². The summed E-state index contributed by atoms with van der Waals surface area (Å²) in [6.45, 7) is -0.932. The molecule has 0 radical (unpaired) electrons. The van der Waals surface area contributed by atoms with Gasteiger partial charge in [-0.25, -0.2) is 13.1 Å². The van der Waals surface area contributed by atoms with E-state index in [9.17, 15) is 22.0 Å². The summed E-state index contributed by atoms with van der Waals surface area (Å²) in [6.07, 6.45) is 0. The van der Waals surface area contributed by atoms with E-state index in [1.54, 1.807) is 60.1 Å². The van der Waals surface area contributed by atoms with Crippen LogP contribution in [-0.2, 0) is 16.6 Å². The van der Waals surface area contributed by atoms with Crippen molar-refractivity contribution in [2.45, 2.75) is 25.0 Å². The Morgan fingerprint density at radius 2 is 1.79 bits per heavy atom. The van der Waals surface area contributed by atoms with Crippen molar-refractivity contribution in [2.75, 3.05) is 0 Å². The van der Waals surface area contributed by atoms with Crippen molar-refractivity contribution in [3.63, 3.8) is 0 Å². The average Bonchev–Trinajstić information content (AvgIpc) is 3.13. The van der Waals surface area contributed by atoms with Crippen molar-refractivity contribution in [1.82, 2.24) is 14.5 Å². The largest absolute Gasteiger partial charge is 0.435 e. The van der Waals surface area contributed by atoms with E-state index in [0.29, 0.717) is 10.9 Å². The quantitative estimate of drug-likeness (QED) is 0.438. The molecule has 33 heavy (non-hydrogen) atoms. The third-order valence-electron chi connectivity index (χ3n) is 4.88. The smallest absolute Gasteiger partial charge is 0.387 e. The molecule has 170 valence electrons. The molecular weight excluding hydrogens is 452 g/mol. The number of benzene rings is 3. The monoisotopic (exact) mass is 471 g/mol. The first-order valence-electron chi connectivity index (χ1n) is 9.86. The molecule has 0 aliphatic rings. The second-order valence-corrected chi connectivity index (χ2v) is 8.98. The van der Waals surface area contributed by atoms with Gasteiger partial charge in [0.2, 0.25) is 0 Å². The molecule has 10 heteroatoms. The fourth-order valence-electron chi connectivity index (χ4n) is 3.38. The Bertz CT molecular complexity index is 1420. The predicted molar refractivity (Wildman–Crippen MR) is 118 cm³/mol. The highest BCUT2D eigenvalue weighted by Crippen LogP contribution is 2.22. The summed E-state index contributed by atoms with van der Waals surface area (Å²) in [7, 11) is -4.09. The Morgan fingerprint density at radius 1 is 1.06 bits per heavy atom. The number of sulfonamides is 1. The number of alkyl halides is 2. The topological polar surface area (TPSA) is 90.3 Å². The maximum Gasteiger partial charge on any atom is 0.387 e. The highest BCUT2D eigenvalue weighted by atomic mass is 32.2. The van der Waals surface area contributed by atoms with Crippen LogP contribution in [0.1, 0.15) is 21.6 Å². The standard InChI is InChI=1S/C23H19F2N3O4S/c1-15-5-4-6-18(13-15)33(30,31)27-22(29)21-19-7-2-3-8-20(19)28(26-21)14-16-9-11-17(12-10-16)32-23(24)25/h2-13,23H,14H2,1H3,(H,27,29). The maximum atomic E-state index is 12.9. The second-order valence-electron chi connectivity index (χ2n) is 7.30. The lowest BCUT2D eigenvalue weighted by molar-refractivity contribution is -0.0498. The van der Waals surface area contributed by atoms with Crippen LogP contribution in [0.25, 0.3) is 10.9 Å². The number of nitrogens with zero attached hydrogens (tertiary/aromatic N) is 2. The number of aromatic nitrogens is 2. The normalized spacial score (nSPS) is 11.6. The summed E-state index contributed by atoms with van der Waals surface area (Å²) in [6, 6.07) is 19.2. The fraction of sp³-hybridized carbons (Fsp3) is 0.130. The average molecular weight is 471 g/mol. The number of halogens is 2. The van der Waals surface area contributed by atoms with E-state index in [4.69, 9.17) is 0 Å². The highest BCUT2D eigenvalue weighted by Gasteiger charge is 2.23. The number of amides is 1. The van der Waals surface area contributed by atoms with E-state index in [1.165, 1.54) is 24.3 Å². The van der Waals surface area contributed by atoms with E-state index in [0.717, 1.165) is 11.1 Å². The summed E-state index contributed by atoms with van der Waals surface area (Å²) in [5.41, 5.74) is 2.04. The van der Waals surface area contributed by atoms with Crippen LogP contribution in [0.4, 0.5) is 8.78 Å². The molecule has 1 aromatic heterocycles. The van der Waals surface area contributed by atoms with Gasteiger partial charge in [-0.3, -0.25) is 9.48 Å².